The normalized spacial score (nSPS) is 20.0. The van der Waals surface area contributed by atoms with E-state index in [1.807, 2.05) is 11.1 Å². The van der Waals surface area contributed by atoms with Crippen molar-refractivity contribution in [1.82, 2.24) is 4.90 Å². The molecule has 5 nitrogen and oxygen atoms in total. The molecule has 1 aromatic carbocycles. The number of benzene rings is 1. The van der Waals surface area contributed by atoms with Gasteiger partial charge in [-0.1, -0.05) is 6.58 Å². The van der Waals surface area contributed by atoms with Crippen molar-refractivity contribution in [1.29, 1.82) is 0 Å². The van der Waals surface area contributed by atoms with E-state index < -0.39 is 0 Å². The molecule has 0 radical (unpaired) electrons. The van der Waals surface area contributed by atoms with Gasteiger partial charge in [-0.15, -0.1) is 0 Å². The van der Waals surface area contributed by atoms with Gasteiger partial charge in [0, 0.05) is 18.8 Å². The van der Waals surface area contributed by atoms with E-state index in [4.69, 9.17) is 9.47 Å². The summed E-state index contributed by atoms with van der Waals surface area (Å²) in [6, 6.07) is 3.55. The molecule has 0 N–H and O–H groups in total. The van der Waals surface area contributed by atoms with E-state index in [0.29, 0.717) is 28.5 Å². The van der Waals surface area contributed by atoms with Gasteiger partial charge in [-0.3, -0.25) is 9.79 Å². The minimum absolute atomic E-state index is 0.0115. The summed E-state index contributed by atoms with van der Waals surface area (Å²) in [4.78, 5) is 19.2. The lowest BCUT2D eigenvalue weighted by atomic mass is 10.0. The van der Waals surface area contributed by atoms with Crippen molar-refractivity contribution in [3.05, 3.63) is 30.0 Å². The number of fused-ring (bicyclic) bond motifs is 2. The molecule has 116 valence electrons. The zero-order valence-corrected chi connectivity index (χ0v) is 13.0. The van der Waals surface area contributed by atoms with Gasteiger partial charge in [-0.05, 0) is 32.3 Å². The lowest BCUT2D eigenvalue weighted by Gasteiger charge is -2.32. The summed E-state index contributed by atoms with van der Waals surface area (Å²) in [7, 11) is 1.56. The largest absolute Gasteiger partial charge is 0.493 e. The summed E-state index contributed by atoms with van der Waals surface area (Å²) in [6.07, 6.45) is 5.01. The molecule has 1 aromatic rings. The average molecular weight is 300 g/mol. The Hall–Kier alpha value is -2.30. The second-order valence-electron chi connectivity index (χ2n) is 5.66. The predicted molar refractivity (Wildman–Crippen MR) is 85.3 cm³/mol. The highest BCUT2D eigenvalue weighted by Crippen LogP contribution is 2.38. The van der Waals surface area contributed by atoms with Gasteiger partial charge in [0.2, 0.25) is 0 Å². The Morgan fingerprint density at radius 1 is 1.36 bits per heavy atom. The van der Waals surface area contributed by atoms with Crippen LogP contribution in [0.4, 0.5) is 5.69 Å². The van der Waals surface area contributed by atoms with E-state index in [9.17, 15) is 4.79 Å². The second-order valence-corrected chi connectivity index (χ2v) is 5.66. The molecule has 0 saturated carbocycles. The Labute approximate surface area is 130 Å². The summed E-state index contributed by atoms with van der Waals surface area (Å²) in [5.74, 6) is 1.61. The van der Waals surface area contributed by atoms with Crippen LogP contribution in [0.25, 0.3) is 0 Å². The number of carbonyl (C=O) groups excluding carboxylic acids is 1. The van der Waals surface area contributed by atoms with Gasteiger partial charge in [-0.2, -0.15) is 0 Å². The van der Waals surface area contributed by atoms with Gasteiger partial charge in [0.25, 0.3) is 5.91 Å². The molecule has 2 aliphatic rings. The van der Waals surface area contributed by atoms with E-state index in [2.05, 4.69) is 11.6 Å². The molecule has 0 aromatic heterocycles. The number of piperidine rings is 1. The molecule has 22 heavy (non-hydrogen) atoms. The van der Waals surface area contributed by atoms with Gasteiger partial charge in [0.1, 0.15) is 0 Å². The Balaban J connectivity index is 2.06. The minimum Gasteiger partial charge on any atom is -0.493 e. The summed E-state index contributed by atoms with van der Waals surface area (Å²) < 4.78 is 10.9. The fraction of sp³-hybridized carbons (Fsp3) is 0.412. The standard InChI is InChI=1S/C17H20N2O3/c1-11(2)22-16-9-14-13(8-15(16)21-3)17(20)19-7-5-4-6-12(19)10-18-14/h8-10,12H,1,4-7H2,2-3H3. The van der Waals surface area contributed by atoms with Crippen molar-refractivity contribution in [2.45, 2.75) is 32.2 Å². The van der Waals surface area contributed by atoms with Crippen molar-refractivity contribution in [2.24, 2.45) is 4.99 Å². The monoisotopic (exact) mass is 300 g/mol. The van der Waals surface area contributed by atoms with Crippen molar-refractivity contribution in [3.63, 3.8) is 0 Å². The van der Waals surface area contributed by atoms with Gasteiger partial charge < -0.3 is 14.4 Å². The van der Waals surface area contributed by atoms with Crippen molar-refractivity contribution < 1.29 is 14.3 Å². The molecular weight excluding hydrogens is 280 g/mol. The first-order valence-corrected chi connectivity index (χ1v) is 7.50. The highest BCUT2D eigenvalue weighted by atomic mass is 16.5. The highest BCUT2D eigenvalue weighted by Gasteiger charge is 2.31. The Morgan fingerprint density at radius 3 is 2.91 bits per heavy atom. The molecule has 0 spiro atoms. The highest BCUT2D eigenvalue weighted by molar-refractivity contribution is 6.03. The number of ether oxygens (including phenoxy) is 2. The molecular formula is C17H20N2O3. The van der Waals surface area contributed by atoms with Gasteiger partial charge >= 0.3 is 0 Å². The third-order valence-electron chi connectivity index (χ3n) is 3.99. The van der Waals surface area contributed by atoms with E-state index >= 15 is 0 Å². The number of hydrogen-bond acceptors (Lipinski definition) is 4. The van der Waals surface area contributed by atoms with E-state index in [-0.39, 0.29) is 11.9 Å². The zero-order chi connectivity index (χ0) is 15.7. The van der Waals surface area contributed by atoms with Crippen molar-refractivity contribution in [2.75, 3.05) is 13.7 Å². The third-order valence-corrected chi connectivity index (χ3v) is 3.99. The van der Waals surface area contributed by atoms with Crippen LogP contribution in [0.15, 0.2) is 29.5 Å². The molecule has 0 aliphatic carbocycles. The lowest BCUT2D eigenvalue weighted by molar-refractivity contribution is 0.0688. The molecule has 1 saturated heterocycles. The smallest absolute Gasteiger partial charge is 0.256 e. The number of methoxy groups -OCH3 is 1. The SMILES string of the molecule is C=C(C)Oc1cc2c(cc1OC)C(=O)N1CCCCC1C=N2. The number of aliphatic imine (C=N–C) groups is 1. The molecule has 1 fully saturated rings. The maximum Gasteiger partial charge on any atom is 0.256 e. The summed E-state index contributed by atoms with van der Waals surface area (Å²) in [6.45, 7) is 6.28. The predicted octanol–water partition coefficient (Wildman–Crippen LogP) is 3.32. The Bertz CT molecular complexity index is 652. The van der Waals surface area contributed by atoms with E-state index in [1.165, 1.54) is 0 Å². The molecule has 2 heterocycles. The summed E-state index contributed by atoms with van der Waals surface area (Å²) in [5, 5.41) is 0. The fourth-order valence-corrected chi connectivity index (χ4v) is 2.94. The van der Waals surface area contributed by atoms with Crippen molar-refractivity contribution in [3.8, 4) is 11.5 Å². The van der Waals surface area contributed by atoms with Gasteiger partial charge in [-0.25, -0.2) is 0 Å². The van der Waals surface area contributed by atoms with Crippen LogP contribution in [0.3, 0.4) is 0 Å². The zero-order valence-electron chi connectivity index (χ0n) is 13.0. The molecule has 1 unspecified atom stereocenters. The van der Waals surface area contributed by atoms with Crippen LogP contribution in [0.2, 0.25) is 0 Å². The Kier molecular flexibility index (Phi) is 3.88. The van der Waals surface area contributed by atoms with Gasteiger partial charge in [0.05, 0.1) is 30.2 Å². The number of nitrogens with zero attached hydrogens (tertiary/aromatic N) is 2. The Morgan fingerprint density at radius 2 is 2.18 bits per heavy atom. The molecule has 0 bridgehead atoms. The molecule has 5 heteroatoms. The summed E-state index contributed by atoms with van der Waals surface area (Å²) >= 11 is 0. The van der Waals surface area contributed by atoms with Crippen LogP contribution in [0.5, 0.6) is 11.5 Å². The maximum atomic E-state index is 12.8. The first-order valence-electron chi connectivity index (χ1n) is 7.50. The average Bonchev–Trinajstić information content (AvgIpc) is 2.64. The minimum atomic E-state index is 0.0115. The summed E-state index contributed by atoms with van der Waals surface area (Å²) in [5.41, 5.74) is 1.18. The molecule has 2 aliphatic heterocycles. The fourth-order valence-electron chi connectivity index (χ4n) is 2.94. The van der Waals surface area contributed by atoms with Crippen LogP contribution in [0.1, 0.15) is 36.5 Å². The number of allylic oxidation sites excluding steroid dienone is 1. The molecule has 3 rings (SSSR count). The third kappa shape index (κ3) is 2.58. The van der Waals surface area contributed by atoms with Crippen LogP contribution < -0.4 is 9.47 Å². The van der Waals surface area contributed by atoms with Crippen LogP contribution in [0, 0.1) is 0 Å². The number of rotatable bonds is 3. The topological polar surface area (TPSA) is 51.1 Å². The molecule has 1 atom stereocenters. The molecule has 1 amide bonds. The van der Waals surface area contributed by atoms with E-state index in [0.717, 1.165) is 25.8 Å². The van der Waals surface area contributed by atoms with Crippen molar-refractivity contribution >= 4 is 17.8 Å². The lowest BCUT2D eigenvalue weighted by Crippen LogP contribution is -2.43. The number of carbonyl (C=O) groups is 1. The van der Waals surface area contributed by atoms with Crippen LogP contribution in [-0.2, 0) is 0 Å². The number of hydrogen-bond donors (Lipinski definition) is 0. The first-order chi connectivity index (χ1) is 10.6. The second kappa shape index (κ2) is 5.83. The van der Waals surface area contributed by atoms with Crippen LogP contribution in [-0.4, -0.2) is 36.7 Å². The maximum absolute atomic E-state index is 12.8. The number of amides is 1. The van der Waals surface area contributed by atoms with Gasteiger partial charge in [0.15, 0.2) is 11.5 Å². The first kappa shape index (κ1) is 14.6. The van der Waals surface area contributed by atoms with Crippen LogP contribution >= 0.6 is 0 Å². The quantitative estimate of drug-likeness (QED) is 0.805. The van der Waals surface area contributed by atoms with E-state index in [1.54, 1.807) is 26.2 Å².